The summed E-state index contributed by atoms with van der Waals surface area (Å²) in [5.74, 6) is 0. The lowest BCUT2D eigenvalue weighted by Gasteiger charge is -2.64. The van der Waals surface area contributed by atoms with Gasteiger partial charge in [0.05, 0.1) is 0 Å². The zero-order chi connectivity index (χ0) is 19.9. The van der Waals surface area contributed by atoms with Crippen molar-refractivity contribution < 1.29 is 0 Å². The van der Waals surface area contributed by atoms with Crippen molar-refractivity contribution in [1.82, 2.24) is 0 Å². The highest BCUT2D eigenvalue weighted by Gasteiger charge is 2.70. The molecule has 1 atom stereocenters. The molecule has 1 unspecified atom stereocenters. The molecule has 0 aromatic heterocycles. The van der Waals surface area contributed by atoms with Crippen molar-refractivity contribution >= 4 is 55.0 Å². The molecule has 0 amide bonds. The van der Waals surface area contributed by atoms with Gasteiger partial charge in [-0.25, -0.2) is 0 Å². The molecule has 1 rings (SSSR count). The highest BCUT2D eigenvalue weighted by molar-refractivity contribution is 7.78. The number of rotatable bonds is 6. The zero-order valence-electron chi connectivity index (χ0n) is 18.2. The zero-order valence-corrected chi connectivity index (χ0v) is 23.0. The molecular formula is C19H37NSSi4. The van der Waals surface area contributed by atoms with Gasteiger partial charge in [0.1, 0.15) is 0 Å². The Balaban J connectivity index is 4.11. The second-order valence-electron chi connectivity index (χ2n) is 10.6. The molecule has 0 aliphatic heterocycles. The molecule has 0 radical (unpaired) electrons. The van der Waals surface area contributed by atoms with E-state index in [1.807, 2.05) is 0 Å². The normalized spacial score (nSPS) is 16.1. The molecule has 6 heteroatoms. The second-order valence-corrected chi connectivity index (χ2v) is 33.3. The molecule has 0 bridgehead atoms. The first-order valence-corrected chi connectivity index (χ1v) is 22.6. The summed E-state index contributed by atoms with van der Waals surface area (Å²) in [5, 5.41) is 4.33. The Morgan fingerprint density at radius 3 is 1.40 bits per heavy atom. The van der Waals surface area contributed by atoms with Gasteiger partial charge in [-0.05, 0) is 34.8 Å². The maximum atomic E-state index is 5.23. The molecule has 1 nitrogen and oxygen atoms in total. The summed E-state index contributed by atoms with van der Waals surface area (Å²) in [6.07, 6.45) is 0. The lowest BCUT2D eigenvalue weighted by Crippen LogP contribution is -2.79. The summed E-state index contributed by atoms with van der Waals surface area (Å²) in [5.41, 5.74) is 1.31. The van der Waals surface area contributed by atoms with E-state index in [9.17, 15) is 0 Å². The van der Waals surface area contributed by atoms with Crippen LogP contribution in [0.5, 0.6) is 0 Å². The van der Waals surface area contributed by atoms with Crippen LogP contribution in [0.3, 0.4) is 0 Å². The number of nitrogens with zero attached hydrogens (tertiary/aromatic N) is 1. The van der Waals surface area contributed by atoms with Gasteiger partial charge in [0.15, 0.2) is 0 Å². The molecule has 0 N–H and O–H groups in total. The molecule has 140 valence electrons. The molecule has 0 saturated carbocycles. The Morgan fingerprint density at radius 2 is 1.12 bits per heavy atom. The van der Waals surface area contributed by atoms with Crippen molar-refractivity contribution in [2.75, 3.05) is 0 Å². The minimum absolute atomic E-state index is 0.376. The molecule has 1 aromatic rings. The van der Waals surface area contributed by atoms with E-state index in [4.69, 9.17) is 16.9 Å². The van der Waals surface area contributed by atoms with Crippen molar-refractivity contribution in [2.45, 2.75) is 76.3 Å². The number of isothiocyanates is 1. The Kier molecular flexibility index (Phi) is 6.54. The molecule has 0 spiro atoms. The average molecular weight is 424 g/mol. The predicted octanol–water partition coefficient (Wildman–Crippen LogP) is 6.25. The van der Waals surface area contributed by atoms with Gasteiger partial charge >= 0.3 is 0 Å². The van der Waals surface area contributed by atoms with Gasteiger partial charge in [-0.3, -0.25) is 4.66 Å². The van der Waals surface area contributed by atoms with E-state index in [0.29, 0.717) is 3.91 Å². The Bertz CT molecular complexity index is 623. The van der Waals surface area contributed by atoms with Crippen molar-refractivity contribution in [2.24, 2.45) is 4.66 Å². The van der Waals surface area contributed by atoms with E-state index in [2.05, 4.69) is 102 Å². The number of hydrogen-bond acceptors (Lipinski definition) is 2. The first-order valence-electron chi connectivity index (χ1n) is 9.22. The molecule has 0 heterocycles. The smallest absolute Gasteiger partial charge is 0.220 e. The van der Waals surface area contributed by atoms with Crippen molar-refractivity contribution in [3.05, 3.63) is 29.8 Å². The molecule has 1 aromatic carbocycles. The van der Waals surface area contributed by atoms with Gasteiger partial charge in [0, 0.05) is 29.4 Å². The molecule has 0 fully saturated rings. The largest absolute Gasteiger partial charge is 0.268 e. The van der Waals surface area contributed by atoms with Gasteiger partial charge in [0.25, 0.3) is 0 Å². The van der Waals surface area contributed by atoms with E-state index in [1.165, 1.54) is 10.8 Å². The van der Waals surface area contributed by atoms with Crippen LogP contribution in [0.1, 0.15) is 5.56 Å². The quantitative estimate of drug-likeness (QED) is 0.299. The van der Waals surface area contributed by atoms with Crippen LogP contribution in [0.15, 0.2) is 28.9 Å². The number of thiocarbonyl (C=S) groups is 1. The number of benzene rings is 1. The van der Waals surface area contributed by atoms with Crippen molar-refractivity contribution in [3.63, 3.8) is 0 Å². The monoisotopic (exact) mass is 423 g/mol. The second kappa shape index (κ2) is 7.13. The molecule has 0 aliphatic carbocycles. The van der Waals surface area contributed by atoms with Crippen molar-refractivity contribution in [3.8, 4) is 0 Å². The van der Waals surface area contributed by atoms with Crippen LogP contribution in [-0.4, -0.2) is 37.6 Å². The summed E-state index contributed by atoms with van der Waals surface area (Å²) >= 11 is 5.23. The standard InChI is InChI=1S/C19H37NSSi4/c1-17-12-14-18(15-13-17)25(11,20-16-21)19(22(2,3)4,23(5,6)7)24(8,9)10/h12-15H,1-11H3. The fourth-order valence-corrected chi connectivity index (χ4v) is 55.5. The molecule has 0 saturated heterocycles. The van der Waals surface area contributed by atoms with Gasteiger partial charge in [-0.2, -0.15) is 0 Å². The highest BCUT2D eigenvalue weighted by Crippen LogP contribution is 2.59. The number of aryl methyl sites for hydroxylation is 1. The molecular weight excluding hydrogens is 387 g/mol. The lowest BCUT2D eigenvalue weighted by molar-refractivity contribution is 1.17. The first-order chi connectivity index (χ1) is 11.1. The SMILES string of the molecule is Cc1ccc([Si](C)(N=C=S)C([Si](C)(C)C)([Si](C)(C)C)[Si](C)(C)C)cc1. The summed E-state index contributed by atoms with van der Waals surface area (Å²) < 4.78 is 5.51. The van der Waals surface area contributed by atoms with E-state index < -0.39 is 32.5 Å². The number of hydrogen-bond donors (Lipinski definition) is 0. The van der Waals surface area contributed by atoms with Gasteiger partial charge in [-0.1, -0.05) is 88.8 Å². The van der Waals surface area contributed by atoms with E-state index in [-0.39, 0.29) is 0 Å². The maximum absolute atomic E-state index is 5.23. The molecule has 0 aliphatic rings. The summed E-state index contributed by atoms with van der Waals surface area (Å²) in [4.78, 5) is 0. The topological polar surface area (TPSA) is 12.4 Å². The van der Waals surface area contributed by atoms with Crippen LogP contribution < -0.4 is 5.19 Å². The minimum atomic E-state index is -2.24. The minimum Gasteiger partial charge on any atom is -0.268 e. The van der Waals surface area contributed by atoms with Crippen LogP contribution in [-0.2, 0) is 0 Å². The van der Waals surface area contributed by atoms with E-state index >= 15 is 0 Å². The summed E-state index contributed by atoms with van der Waals surface area (Å²) in [6.45, 7) is 27.9. The van der Waals surface area contributed by atoms with Crippen LogP contribution in [0, 0.1) is 6.92 Å². The van der Waals surface area contributed by atoms with E-state index in [0.717, 1.165) is 0 Å². The fraction of sp³-hybridized carbons (Fsp3) is 0.632. The fourth-order valence-electron chi connectivity index (χ4n) is 6.90. The lowest BCUT2D eigenvalue weighted by atomic mass is 10.2. The van der Waals surface area contributed by atoms with Crippen LogP contribution in [0.25, 0.3) is 0 Å². The van der Waals surface area contributed by atoms with Gasteiger partial charge in [-0.15, -0.1) is 0 Å². The third-order valence-corrected chi connectivity index (χ3v) is 41.1. The predicted molar refractivity (Wildman–Crippen MR) is 130 cm³/mol. The Morgan fingerprint density at radius 1 is 0.760 bits per heavy atom. The third kappa shape index (κ3) is 3.66. The van der Waals surface area contributed by atoms with Crippen LogP contribution >= 0.6 is 12.2 Å². The Labute approximate surface area is 165 Å². The van der Waals surface area contributed by atoms with Gasteiger partial charge in [0.2, 0.25) is 8.24 Å². The Hall–Kier alpha value is -0.112. The summed E-state index contributed by atoms with van der Waals surface area (Å²) in [7, 11) is -6.95. The highest BCUT2D eigenvalue weighted by atomic mass is 32.1. The molecule has 25 heavy (non-hydrogen) atoms. The van der Waals surface area contributed by atoms with E-state index in [1.54, 1.807) is 0 Å². The van der Waals surface area contributed by atoms with Crippen LogP contribution in [0.2, 0.25) is 69.4 Å². The third-order valence-electron chi connectivity index (χ3n) is 5.99. The first kappa shape index (κ1) is 22.9. The summed E-state index contributed by atoms with van der Waals surface area (Å²) in [6, 6.07) is 9.19. The maximum Gasteiger partial charge on any atom is 0.220 e. The average Bonchev–Trinajstić information content (AvgIpc) is 2.34. The van der Waals surface area contributed by atoms with Gasteiger partial charge < -0.3 is 0 Å². The van der Waals surface area contributed by atoms with Crippen molar-refractivity contribution in [1.29, 1.82) is 0 Å². The van der Waals surface area contributed by atoms with Crippen LogP contribution in [0.4, 0.5) is 0 Å².